The number of hydrogen-bond acceptors (Lipinski definition) is 4. The third kappa shape index (κ3) is 4.08. The molecule has 106 valence electrons. The highest BCUT2D eigenvalue weighted by Gasteiger charge is 2.16. The van der Waals surface area contributed by atoms with Crippen LogP contribution in [0.25, 0.3) is 0 Å². The minimum atomic E-state index is 0.310. The molecule has 1 fully saturated rings. The molecule has 0 aromatic carbocycles. The Bertz CT molecular complexity index is 398. The summed E-state index contributed by atoms with van der Waals surface area (Å²) in [5, 5.41) is 3.08. The molecule has 0 aliphatic heterocycles. The molecule has 4 nitrogen and oxygen atoms in total. The summed E-state index contributed by atoms with van der Waals surface area (Å²) in [7, 11) is 1.88. The van der Waals surface area contributed by atoms with Gasteiger partial charge < -0.3 is 10.1 Å². The van der Waals surface area contributed by atoms with Crippen LogP contribution in [-0.4, -0.2) is 23.1 Å². The van der Waals surface area contributed by atoms with Crippen molar-refractivity contribution in [2.45, 2.75) is 64.4 Å². The largest absolute Gasteiger partial charge is 0.474 e. The van der Waals surface area contributed by atoms with E-state index in [0.29, 0.717) is 12.0 Å². The summed E-state index contributed by atoms with van der Waals surface area (Å²) >= 11 is 0. The van der Waals surface area contributed by atoms with Gasteiger partial charge >= 0.3 is 0 Å². The monoisotopic (exact) mass is 263 g/mol. The Hall–Kier alpha value is -1.32. The number of aromatic nitrogens is 2. The van der Waals surface area contributed by atoms with Crippen LogP contribution in [0.5, 0.6) is 5.88 Å². The van der Waals surface area contributed by atoms with Crippen LogP contribution >= 0.6 is 0 Å². The lowest BCUT2D eigenvalue weighted by atomic mass is 10.1. The minimum Gasteiger partial charge on any atom is -0.474 e. The fourth-order valence-corrected chi connectivity index (χ4v) is 2.42. The molecule has 4 heteroatoms. The van der Waals surface area contributed by atoms with E-state index in [1.165, 1.54) is 25.7 Å². The van der Waals surface area contributed by atoms with Crippen LogP contribution in [0.1, 0.15) is 64.1 Å². The maximum atomic E-state index is 6.08. The van der Waals surface area contributed by atoms with E-state index in [1.807, 2.05) is 13.1 Å². The summed E-state index contributed by atoms with van der Waals surface area (Å²) in [6, 6.07) is 1.90. The lowest BCUT2D eigenvalue weighted by molar-refractivity contribution is 0.175. The van der Waals surface area contributed by atoms with Crippen molar-refractivity contribution >= 4 is 5.82 Å². The molecule has 2 rings (SSSR count). The van der Waals surface area contributed by atoms with Gasteiger partial charge in [-0.05, 0) is 25.7 Å². The van der Waals surface area contributed by atoms with Gasteiger partial charge in [0.25, 0.3) is 0 Å². The third-order valence-corrected chi connectivity index (χ3v) is 3.58. The molecule has 0 saturated heterocycles. The van der Waals surface area contributed by atoms with Gasteiger partial charge in [-0.25, -0.2) is 4.98 Å². The van der Waals surface area contributed by atoms with Gasteiger partial charge in [0, 0.05) is 19.0 Å². The van der Waals surface area contributed by atoms with Crippen LogP contribution in [0.4, 0.5) is 5.82 Å². The summed E-state index contributed by atoms with van der Waals surface area (Å²) in [6.45, 7) is 4.20. The summed E-state index contributed by atoms with van der Waals surface area (Å²) < 4.78 is 6.08. The molecule has 0 radical (unpaired) electrons. The number of rotatable bonds is 4. The van der Waals surface area contributed by atoms with E-state index in [4.69, 9.17) is 4.74 Å². The first-order valence-electron chi connectivity index (χ1n) is 7.42. The summed E-state index contributed by atoms with van der Waals surface area (Å²) in [5.41, 5.74) is 0. The van der Waals surface area contributed by atoms with Crippen molar-refractivity contribution in [3.8, 4) is 5.88 Å². The highest BCUT2D eigenvalue weighted by Crippen LogP contribution is 2.24. The number of anilines is 1. The van der Waals surface area contributed by atoms with Crippen molar-refractivity contribution in [3.05, 3.63) is 11.9 Å². The van der Waals surface area contributed by atoms with E-state index < -0.39 is 0 Å². The molecule has 1 aromatic heterocycles. The average Bonchev–Trinajstić information content (AvgIpc) is 2.67. The van der Waals surface area contributed by atoms with E-state index in [2.05, 4.69) is 29.1 Å². The third-order valence-electron chi connectivity index (χ3n) is 3.58. The van der Waals surface area contributed by atoms with Crippen molar-refractivity contribution in [2.75, 3.05) is 12.4 Å². The Balaban J connectivity index is 2.11. The van der Waals surface area contributed by atoms with Gasteiger partial charge in [0.05, 0.1) is 0 Å². The SMILES string of the molecule is CNc1cc(OC2CCCCCC2)nc(C(C)C)n1. The van der Waals surface area contributed by atoms with E-state index in [-0.39, 0.29) is 0 Å². The Morgan fingerprint density at radius 1 is 1.16 bits per heavy atom. The Labute approximate surface area is 116 Å². The van der Waals surface area contributed by atoms with Crippen LogP contribution in [0, 0.1) is 0 Å². The zero-order valence-electron chi connectivity index (χ0n) is 12.3. The molecular weight excluding hydrogens is 238 g/mol. The molecule has 0 bridgehead atoms. The molecule has 0 spiro atoms. The molecule has 0 atom stereocenters. The molecular formula is C15H25N3O. The molecule has 1 aliphatic carbocycles. The van der Waals surface area contributed by atoms with Gasteiger partial charge in [-0.1, -0.05) is 26.7 Å². The lowest BCUT2D eigenvalue weighted by Crippen LogP contribution is -2.17. The first-order valence-corrected chi connectivity index (χ1v) is 7.42. The van der Waals surface area contributed by atoms with Crippen molar-refractivity contribution in [3.63, 3.8) is 0 Å². The maximum Gasteiger partial charge on any atom is 0.219 e. The van der Waals surface area contributed by atoms with Crippen LogP contribution in [0.15, 0.2) is 6.07 Å². The predicted molar refractivity (Wildman–Crippen MR) is 77.8 cm³/mol. The first kappa shape index (κ1) is 14.1. The normalized spacial score (nSPS) is 17.3. The quantitative estimate of drug-likeness (QED) is 0.841. The fourth-order valence-electron chi connectivity index (χ4n) is 2.42. The Morgan fingerprint density at radius 2 is 1.84 bits per heavy atom. The van der Waals surface area contributed by atoms with Crippen LogP contribution < -0.4 is 10.1 Å². The number of nitrogens with zero attached hydrogens (tertiary/aromatic N) is 2. The van der Waals surface area contributed by atoms with E-state index >= 15 is 0 Å². The molecule has 0 unspecified atom stereocenters. The topological polar surface area (TPSA) is 47.0 Å². The summed E-state index contributed by atoms with van der Waals surface area (Å²) in [5.74, 6) is 2.71. The first-order chi connectivity index (χ1) is 9.19. The zero-order valence-corrected chi connectivity index (χ0v) is 12.3. The van der Waals surface area contributed by atoms with Gasteiger partial charge in [-0.2, -0.15) is 4.98 Å². The minimum absolute atomic E-state index is 0.310. The fraction of sp³-hybridized carbons (Fsp3) is 0.733. The second-order valence-corrected chi connectivity index (χ2v) is 5.59. The van der Waals surface area contributed by atoms with Crippen LogP contribution in [-0.2, 0) is 0 Å². The molecule has 0 amide bonds. The number of nitrogens with one attached hydrogen (secondary N) is 1. The predicted octanol–water partition coefficient (Wildman–Crippen LogP) is 3.74. The zero-order chi connectivity index (χ0) is 13.7. The van der Waals surface area contributed by atoms with Crippen molar-refractivity contribution in [2.24, 2.45) is 0 Å². The molecule has 1 N–H and O–H groups in total. The lowest BCUT2D eigenvalue weighted by Gasteiger charge is -2.17. The second-order valence-electron chi connectivity index (χ2n) is 5.59. The molecule has 1 saturated carbocycles. The average molecular weight is 263 g/mol. The van der Waals surface area contributed by atoms with Gasteiger partial charge in [-0.3, -0.25) is 0 Å². The van der Waals surface area contributed by atoms with Gasteiger partial charge in [0.2, 0.25) is 5.88 Å². The molecule has 1 aromatic rings. The highest BCUT2D eigenvalue weighted by atomic mass is 16.5. The van der Waals surface area contributed by atoms with Gasteiger partial charge in [-0.15, -0.1) is 0 Å². The van der Waals surface area contributed by atoms with Crippen molar-refractivity contribution in [1.29, 1.82) is 0 Å². The van der Waals surface area contributed by atoms with Crippen molar-refractivity contribution < 1.29 is 4.74 Å². The molecule has 19 heavy (non-hydrogen) atoms. The van der Waals surface area contributed by atoms with Crippen LogP contribution in [0.3, 0.4) is 0 Å². The van der Waals surface area contributed by atoms with Gasteiger partial charge in [0.1, 0.15) is 17.7 Å². The summed E-state index contributed by atoms with van der Waals surface area (Å²) in [6.07, 6.45) is 7.83. The summed E-state index contributed by atoms with van der Waals surface area (Å²) in [4.78, 5) is 8.99. The molecule has 1 aliphatic rings. The number of hydrogen-bond donors (Lipinski definition) is 1. The number of ether oxygens (including phenoxy) is 1. The van der Waals surface area contributed by atoms with E-state index in [1.54, 1.807) is 0 Å². The Kier molecular flexibility index (Phi) is 5.00. The van der Waals surface area contributed by atoms with E-state index in [9.17, 15) is 0 Å². The standard InChI is InChI=1S/C15H25N3O/c1-11(2)15-17-13(16-3)10-14(18-15)19-12-8-6-4-5-7-9-12/h10-12H,4-9H2,1-3H3,(H,16,17,18). The van der Waals surface area contributed by atoms with Crippen molar-refractivity contribution in [1.82, 2.24) is 9.97 Å². The highest BCUT2D eigenvalue weighted by molar-refractivity contribution is 5.38. The van der Waals surface area contributed by atoms with E-state index in [0.717, 1.165) is 30.4 Å². The molecule has 1 heterocycles. The Morgan fingerprint density at radius 3 is 2.42 bits per heavy atom. The second kappa shape index (κ2) is 6.73. The smallest absolute Gasteiger partial charge is 0.219 e. The maximum absolute atomic E-state index is 6.08. The van der Waals surface area contributed by atoms with Crippen LogP contribution in [0.2, 0.25) is 0 Å². The van der Waals surface area contributed by atoms with Gasteiger partial charge in [0.15, 0.2) is 0 Å².